The Labute approximate surface area is 120 Å². The van der Waals surface area contributed by atoms with Gasteiger partial charge in [0.25, 0.3) is 0 Å². The summed E-state index contributed by atoms with van der Waals surface area (Å²) >= 11 is 3.28. The highest BCUT2D eigenvalue weighted by molar-refractivity contribution is 9.10. The topological polar surface area (TPSA) is 55.3 Å². The van der Waals surface area contributed by atoms with Crippen LogP contribution in [0.1, 0.15) is 19.8 Å². The van der Waals surface area contributed by atoms with Crippen LogP contribution in [0, 0.1) is 0 Å². The van der Waals surface area contributed by atoms with E-state index in [1.807, 2.05) is 6.92 Å². The summed E-state index contributed by atoms with van der Waals surface area (Å²) in [6, 6.07) is 0.355. The van der Waals surface area contributed by atoms with Gasteiger partial charge in [-0.05, 0) is 41.8 Å². The van der Waals surface area contributed by atoms with Gasteiger partial charge in [0.15, 0.2) is 0 Å². The van der Waals surface area contributed by atoms with Gasteiger partial charge in [0, 0.05) is 18.9 Å². The Morgan fingerprint density at radius 1 is 1.53 bits per heavy atom. The second-order valence-electron chi connectivity index (χ2n) is 4.35. The van der Waals surface area contributed by atoms with Crippen molar-refractivity contribution in [1.29, 1.82) is 0 Å². The zero-order valence-corrected chi connectivity index (χ0v) is 12.3. The highest BCUT2D eigenvalue weighted by Gasteiger charge is 2.24. The molecule has 0 bridgehead atoms. The molecule has 1 aromatic rings. The maximum Gasteiger partial charge on any atom is 0.316 e. The highest BCUT2D eigenvalue weighted by Crippen LogP contribution is 2.16. The van der Waals surface area contributed by atoms with Gasteiger partial charge < -0.3 is 9.64 Å². The molecule has 0 radical (unpaired) electrons. The van der Waals surface area contributed by atoms with Crippen LogP contribution >= 0.6 is 15.9 Å². The number of rotatable bonds is 3. The van der Waals surface area contributed by atoms with Gasteiger partial charge in [-0.1, -0.05) is 6.08 Å². The fourth-order valence-electron chi connectivity index (χ4n) is 1.99. The standard InChI is InChI=1S/C13H16BrN3O2/c1-2-4-12(18)17-6-3-5-11(9-17)19-13-15-7-10(14)8-16-13/h2,4,7-8,11H,3,5-6,9H2,1H3/b4-2+. The third-order valence-corrected chi connectivity index (χ3v) is 3.28. The van der Waals surface area contributed by atoms with Gasteiger partial charge in [-0.2, -0.15) is 0 Å². The van der Waals surface area contributed by atoms with Crippen LogP contribution in [0.4, 0.5) is 0 Å². The van der Waals surface area contributed by atoms with Gasteiger partial charge in [-0.15, -0.1) is 0 Å². The number of amides is 1. The number of nitrogens with zero attached hydrogens (tertiary/aromatic N) is 3. The SMILES string of the molecule is C/C=C/C(=O)N1CCCC(Oc2ncc(Br)cn2)C1. The molecule has 1 amide bonds. The van der Waals surface area contributed by atoms with Crippen LogP contribution in [0.2, 0.25) is 0 Å². The Morgan fingerprint density at radius 2 is 2.26 bits per heavy atom. The van der Waals surface area contributed by atoms with Gasteiger partial charge in [0.1, 0.15) is 6.10 Å². The largest absolute Gasteiger partial charge is 0.458 e. The number of carbonyl (C=O) groups is 1. The Morgan fingerprint density at radius 3 is 2.95 bits per heavy atom. The molecular weight excluding hydrogens is 310 g/mol. The van der Waals surface area contributed by atoms with Crippen molar-refractivity contribution in [3.8, 4) is 6.01 Å². The molecular formula is C13H16BrN3O2. The summed E-state index contributed by atoms with van der Waals surface area (Å²) in [5.74, 6) is 0.0347. The van der Waals surface area contributed by atoms with Crippen LogP contribution in [0.25, 0.3) is 0 Å². The second-order valence-corrected chi connectivity index (χ2v) is 5.27. The molecule has 0 saturated carbocycles. The molecule has 5 nitrogen and oxygen atoms in total. The predicted octanol–water partition coefficient (Wildman–Crippen LogP) is 2.19. The second kappa shape index (κ2) is 6.65. The number of aromatic nitrogens is 2. The zero-order chi connectivity index (χ0) is 13.7. The average molecular weight is 326 g/mol. The van der Waals surface area contributed by atoms with Gasteiger partial charge in [-0.3, -0.25) is 4.79 Å². The van der Waals surface area contributed by atoms with Crippen LogP contribution in [0.5, 0.6) is 6.01 Å². The lowest BCUT2D eigenvalue weighted by atomic mass is 10.1. The van der Waals surface area contributed by atoms with Crippen molar-refractivity contribution in [3.63, 3.8) is 0 Å². The number of hydrogen-bond acceptors (Lipinski definition) is 4. The monoisotopic (exact) mass is 325 g/mol. The molecule has 1 aliphatic heterocycles. The van der Waals surface area contributed by atoms with Crippen molar-refractivity contribution < 1.29 is 9.53 Å². The van der Waals surface area contributed by atoms with E-state index in [-0.39, 0.29) is 12.0 Å². The molecule has 2 heterocycles. The lowest BCUT2D eigenvalue weighted by molar-refractivity contribution is -0.128. The lowest BCUT2D eigenvalue weighted by Crippen LogP contribution is -2.43. The summed E-state index contributed by atoms with van der Waals surface area (Å²) in [5.41, 5.74) is 0. The first-order valence-electron chi connectivity index (χ1n) is 6.25. The molecule has 0 spiro atoms. The van der Waals surface area contributed by atoms with Crippen molar-refractivity contribution >= 4 is 21.8 Å². The molecule has 2 rings (SSSR count). The first-order valence-corrected chi connectivity index (χ1v) is 7.04. The fraction of sp³-hybridized carbons (Fsp3) is 0.462. The van der Waals surface area contributed by atoms with Crippen molar-refractivity contribution in [3.05, 3.63) is 29.0 Å². The Hall–Kier alpha value is -1.43. The van der Waals surface area contributed by atoms with Gasteiger partial charge in [-0.25, -0.2) is 9.97 Å². The first-order chi connectivity index (χ1) is 9.19. The van der Waals surface area contributed by atoms with E-state index in [9.17, 15) is 4.79 Å². The molecule has 0 aliphatic carbocycles. The first kappa shape index (κ1) is 14.0. The van der Waals surface area contributed by atoms with E-state index in [4.69, 9.17) is 4.74 Å². The predicted molar refractivity (Wildman–Crippen MR) is 74.8 cm³/mol. The molecule has 6 heteroatoms. The van der Waals surface area contributed by atoms with E-state index in [0.29, 0.717) is 12.6 Å². The molecule has 19 heavy (non-hydrogen) atoms. The number of likely N-dealkylation sites (tertiary alicyclic amines) is 1. The van der Waals surface area contributed by atoms with E-state index >= 15 is 0 Å². The minimum atomic E-state index is -0.0378. The molecule has 1 aliphatic rings. The minimum absolute atomic E-state index is 0.0347. The van der Waals surface area contributed by atoms with Crippen molar-refractivity contribution in [2.75, 3.05) is 13.1 Å². The number of halogens is 1. The minimum Gasteiger partial charge on any atom is -0.458 e. The van der Waals surface area contributed by atoms with Crippen LogP contribution in [-0.2, 0) is 4.79 Å². The number of carbonyl (C=O) groups excluding carboxylic acids is 1. The molecule has 1 saturated heterocycles. The van der Waals surface area contributed by atoms with Crippen LogP contribution in [0.3, 0.4) is 0 Å². The van der Waals surface area contributed by atoms with E-state index in [2.05, 4.69) is 25.9 Å². The molecule has 0 N–H and O–H groups in total. The molecule has 1 unspecified atom stereocenters. The number of piperidine rings is 1. The Bertz CT molecular complexity index is 461. The maximum absolute atomic E-state index is 11.8. The van der Waals surface area contributed by atoms with E-state index in [0.717, 1.165) is 23.9 Å². The third kappa shape index (κ3) is 4.02. The van der Waals surface area contributed by atoms with Crippen LogP contribution < -0.4 is 4.74 Å². The highest BCUT2D eigenvalue weighted by atomic mass is 79.9. The summed E-state index contributed by atoms with van der Waals surface area (Å²) in [7, 11) is 0. The van der Waals surface area contributed by atoms with Crippen LogP contribution in [0.15, 0.2) is 29.0 Å². The van der Waals surface area contributed by atoms with Gasteiger partial charge in [0.05, 0.1) is 11.0 Å². The fourth-order valence-corrected chi connectivity index (χ4v) is 2.20. The Kier molecular flexibility index (Phi) is 4.90. The van der Waals surface area contributed by atoms with Crippen molar-refractivity contribution in [1.82, 2.24) is 14.9 Å². The van der Waals surface area contributed by atoms with E-state index in [1.54, 1.807) is 29.4 Å². The van der Waals surface area contributed by atoms with Crippen molar-refractivity contribution in [2.24, 2.45) is 0 Å². The summed E-state index contributed by atoms with van der Waals surface area (Å²) < 4.78 is 6.52. The van der Waals surface area contributed by atoms with E-state index in [1.165, 1.54) is 0 Å². The quantitative estimate of drug-likeness (QED) is 0.799. The number of hydrogen-bond donors (Lipinski definition) is 0. The van der Waals surface area contributed by atoms with Gasteiger partial charge >= 0.3 is 6.01 Å². The smallest absolute Gasteiger partial charge is 0.316 e. The van der Waals surface area contributed by atoms with Gasteiger partial charge in [0.2, 0.25) is 5.91 Å². The van der Waals surface area contributed by atoms with E-state index < -0.39 is 0 Å². The molecule has 1 aromatic heterocycles. The number of ether oxygens (including phenoxy) is 1. The number of allylic oxidation sites excluding steroid dienone is 1. The summed E-state index contributed by atoms with van der Waals surface area (Å²) in [6.45, 7) is 3.21. The summed E-state index contributed by atoms with van der Waals surface area (Å²) in [6.07, 6.45) is 8.44. The zero-order valence-electron chi connectivity index (χ0n) is 10.8. The molecule has 0 aromatic carbocycles. The van der Waals surface area contributed by atoms with Crippen molar-refractivity contribution in [2.45, 2.75) is 25.9 Å². The summed E-state index contributed by atoms with van der Waals surface area (Å²) in [5, 5.41) is 0. The molecule has 102 valence electrons. The van der Waals surface area contributed by atoms with Crippen LogP contribution in [-0.4, -0.2) is 40.0 Å². The normalized spacial score (nSPS) is 19.7. The summed E-state index contributed by atoms with van der Waals surface area (Å²) in [4.78, 5) is 21.7. The lowest BCUT2D eigenvalue weighted by Gasteiger charge is -2.31. The molecule has 1 fully saturated rings. The maximum atomic E-state index is 11.8. The average Bonchev–Trinajstić information content (AvgIpc) is 2.42. The third-order valence-electron chi connectivity index (χ3n) is 2.87. The Balaban J connectivity index is 1.94. The molecule has 1 atom stereocenters.